The molecule has 3 aromatic carbocycles. The smallest absolute Gasteiger partial charge is 0.422 e. The Hall–Kier alpha value is -3.59. The van der Waals surface area contributed by atoms with Crippen LogP contribution in [0.4, 0.5) is 22.0 Å². The summed E-state index contributed by atoms with van der Waals surface area (Å²) in [6.45, 7) is -1.11. The maximum absolute atomic E-state index is 15.2. The first-order valence-corrected chi connectivity index (χ1v) is 11.7. The van der Waals surface area contributed by atoms with Crippen molar-refractivity contribution in [3.63, 3.8) is 0 Å². The maximum atomic E-state index is 15.2. The van der Waals surface area contributed by atoms with Gasteiger partial charge in [-0.2, -0.15) is 13.2 Å². The molecular weight excluding hydrogens is 491 g/mol. The second-order valence-electron chi connectivity index (χ2n) is 8.70. The Morgan fingerprint density at radius 2 is 1.49 bits per heavy atom. The van der Waals surface area contributed by atoms with Gasteiger partial charge in [-0.25, -0.2) is 18.7 Å². The summed E-state index contributed by atoms with van der Waals surface area (Å²) >= 11 is 0. The summed E-state index contributed by atoms with van der Waals surface area (Å²) < 4.78 is 75.7. The molecular formula is C28H25F5N2O2. The van der Waals surface area contributed by atoms with Crippen molar-refractivity contribution in [2.45, 2.75) is 38.5 Å². The Morgan fingerprint density at radius 1 is 0.784 bits per heavy atom. The van der Waals surface area contributed by atoms with Gasteiger partial charge >= 0.3 is 6.18 Å². The van der Waals surface area contributed by atoms with E-state index in [1.807, 2.05) is 18.2 Å². The van der Waals surface area contributed by atoms with E-state index in [-0.39, 0.29) is 5.82 Å². The third-order valence-corrected chi connectivity index (χ3v) is 5.88. The van der Waals surface area contributed by atoms with E-state index in [2.05, 4.69) is 14.7 Å². The average molecular weight is 517 g/mol. The molecule has 0 bridgehead atoms. The molecule has 1 heterocycles. The number of benzene rings is 3. The molecule has 0 aliphatic carbocycles. The quantitative estimate of drug-likeness (QED) is 0.224. The lowest BCUT2D eigenvalue weighted by atomic mass is 9.98. The molecule has 0 saturated heterocycles. The largest absolute Gasteiger partial charge is 0.481 e. The van der Waals surface area contributed by atoms with Crippen molar-refractivity contribution in [2.75, 3.05) is 13.7 Å². The predicted octanol–water partition coefficient (Wildman–Crippen LogP) is 6.57. The Bertz CT molecular complexity index is 1360. The number of rotatable bonds is 10. The van der Waals surface area contributed by atoms with Crippen molar-refractivity contribution in [1.82, 2.24) is 9.97 Å². The molecule has 4 aromatic rings. The van der Waals surface area contributed by atoms with Crippen molar-refractivity contribution in [3.05, 3.63) is 101 Å². The van der Waals surface area contributed by atoms with E-state index >= 15 is 4.39 Å². The van der Waals surface area contributed by atoms with Crippen LogP contribution in [0.2, 0.25) is 0 Å². The summed E-state index contributed by atoms with van der Waals surface area (Å²) in [5.74, 6) is -0.974. The third kappa shape index (κ3) is 7.22. The summed E-state index contributed by atoms with van der Waals surface area (Å²) in [6.07, 6.45) is 0.918. The zero-order valence-electron chi connectivity index (χ0n) is 20.1. The Labute approximate surface area is 211 Å². The predicted molar refractivity (Wildman–Crippen MR) is 129 cm³/mol. The van der Waals surface area contributed by atoms with Gasteiger partial charge in [-0.05, 0) is 53.5 Å². The number of nitrogens with zero attached hydrogens (tertiary/aromatic N) is 2. The molecule has 0 aliphatic heterocycles. The SMILES string of the molecule is COCc1cnc(CCc2ccc3c(F)c(CCc4ccc(OCC(F)(F)F)c(F)c4)ccc3c2)nc1. The molecule has 0 amide bonds. The van der Waals surface area contributed by atoms with E-state index in [0.717, 1.165) is 34.5 Å². The number of aryl methyl sites for hydroxylation is 4. The zero-order valence-corrected chi connectivity index (χ0v) is 20.1. The highest BCUT2D eigenvalue weighted by Gasteiger charge is 2.29. The minimum atomic E-state index is -4.55. The molecule has 0 spiro atoms. The molecule has 0 N–H and O–H groups in total. The number of ether oxygens (including phenoxy) is 2. The van der Waals surface area contributed by atoms with Crippen LogP contribution in [0.15, 0.2) is 60.9 Å². The van der Waals surface area contributed by atoms with Gasteiger partial charge in [-0.3, -0.25) is 0 Å². The highest BCUT2D eigenvalue weighted by Crippen LogP contribution is 2.26. The van der Waals surface area contributed by atoms with Gasteiger partial charge in [0, 0.05) is 36.9 Å². The summed E-state index contributed by atoms with van der Waals surface area (Å²) in [6, 6.07) is 12.9. The van der Waals surface area contributed by atoms with E-state index in [0.29, 0.717) is 48.8 Å². The summed E-state index contributed by atoms with van der Waals surface area (Å²) in [5.41, 5.74) is 2.94. The summed E-state index contributed by atoms with van der Waals surface area (Å²) in [4.78, 5) is 8.70. The third-order valence-electron chi connectivity index (χ3n) is 5.88. The standard InChI is InChI=1S/C28H25F5N2O2/c1-36-16-20-14-34-26(35-15-20)11-5-18-3-9-23-22(12-18)8-7-21(27(23)30)6-2-19-4-10-25(24(29)13-19)37-17-28(31,32)33/h3-4,7-10,12-15H,2,5-6,11,16-17H2,1H3. The molecule has 0 radical (unpaired) electrons. The van der Waals surface area contributed by atoms with Gasteiger partial charge < -0.3 is 9.47 Å². The molecule has 0 fully saturated rings. The topological polar surface area (TPSA) is 44.2 Å². The fourth-order valence-corrected chi connectivity index (χ4v) is 4.00. The molecule has 0 unspecified atom stereocenters. The second-order valence-corrected chi connectivity index (χ2v) is 8.70. The zero-order chi connectivity index (χ0) is 26.4. The van der Waals surface area contributed by atoms with Crippen LogP contribution >= 0.6 is 0 Å². The average Bonchev–Trinajstić information content (AvgIpc) is 2.87. The van der Waals surface area contributed by atoms with E-state index in [9.17, 15) is 17.6 Å². The van der Waals surface area contributed by atoms with Gasteiger partial charge in [0.15, 0.2) is 18.2 Å². The first-order chi connectivity index (χ1) is 17.7. The number of hydrogen-bond acceptors (Lipinski definition) is 4. The molecule has 0 saturated carbocycles. The van der Waals surface area contributed by atoms with Crippen molar-refractivity contribution in [2.24, 2.45) is 0 Å². The van der Waals surface area contributed by atoms with Crippen LogP contribution in [0.5, 0.6) is 5.75 Å². The number of aromatic nitrogens is 2. The number of hydrogen-bond donors (Lipinski definition) is 0. The minimum absolute atomic E-state index is 0.308. The van der Waals surface area contributed by atoms with Crippen LogP contribution in [0, 0.1) is 11.6 Å². The van der Waals surface area contributed by atoms with Crippen LogP contribution in [0.1, 0.15) is 28.1 Å². The lowest BCUT2D eigenvalue weighted by molar-refractivity contribution is -0.153. The summed E-state index contributed by atoms with van der Waals surface area (Å²) in [7, 11) is 1.61. The first kappa shape index (κ1) is 26.5. The molecule has 4 rings (SSSR count). The maximum Gasteiger partial charge on any atom is 0.422 e. The fraction of sp³-hybridized carbons (Fsp3) is 0.286. The Morgan fingerprint density at radius 3 is 2.19 bits per heavy atom. The van der Waals surface area contributed by atoms with Crippen molar-refractivity contribution >= 4 is 10.8 Å². The lowest BCUT2D eigenvalue weighted by Gasteiger charge is -2.11. The van der Waals surface area contributed by atoms with E-state index in [1.165, 1.54) is 6.07 Å². The highest BCUT2D eigenvalue weighted by molar-refractivity contribution is 5.84. The molecule has 0 atom stereocenters. The van der Waals surface area contributed by atoms with Crippen molar-refractivity contribution in [1.29, 1.82) is 0 Å². The lowest BCUT2D eigenvalue weighted by Crippen LogP contribution is -2.19. The van der Waals surface area contributed by atoms with Crippen molar-refractivity contribution < 1.29 is 31.4 Å². The van der Waals surface area contributed by atoms with Gasteiger partial charge in [-0.1, -0.05) is 36.4 Å². The summed E-state index contributed by atoms with van der Waals surface area (Å²) in [5, 5.41) is 1.26. The molecule has 9 heteroatoms. The van der Waals surface area contributed by atoms with Crippen molar-refractivity contribution in [3.8, 4) is 5.75 Å². The first-order valence-electron chi connectivity index (χ1n) is 11.7. The van der Waals surface area contributed by atoms with Gasteiger partial charge in [0.05, 0.1) is 6.61 Å². The number of alkyl halides is 3. The highest BCUT2D eigenvalue weighted by atomic mass is 19.4. The molecule has 0 aliphatic rings. The van der Waals surface area contributed by atoms with Gasteiger partial charge in [0.1, 0.15) is 11.6 Å². The molecule has 194 valence electrons. The van der Waals surface area contributed by atoms with Crippen LogP contribution in [-0.2, 0) is 37.0 Å². The van der Waals surface area contributed by atoms with Crippen LogP contribution in [0.25, 0.3) is 10.8 Å². The van der Waals surface area contributed by atoms with Gasteiger partial charge in [0.25, 0.3) is 0 Å². The molecule has 37 heavy (non-hydrogen) atoms. The van der Waals surface area contributed by atoms with Crippen LogP contribution in [-0.4, -0.2) is 29.9 Å². The van der Waals surface area contributed by atoms with E-state index < -0.39 is 24.3 Å². The Balaban J connectivity index is 1.38. The molecule has 4 nitrogen and oxygen atoms in total. The number of methoxy groups -OCH3 is 1. The van der Waals surface area contributed by atoms with Gasteiger partial charge in [-0.15, -0.1) is 0 Å². The Kier molecular flexibility index (Phi) is 8.33. The second kappa shape index (κ2) is 11.6. The van der Waals surface area contributed by atoms with E-state index in [1.54, 1.807) is 31.6 Å². The minimum Gasteiger partial charge on any atom is -0.481 e. The normalized spacial score (nSPS) is 11.7. The number of fused-ring (bicyclic) bond motifs is 1. The van der Waals surface area contributed by atoms with Gasteiger partial charge in [0.2, 0.25) is 0 Å². The monoisotopic (exact) mass is 516 g/mol. The number of halogens is 5. The van der Waals surface area contributed by atoms with Crippen LogP contribution in [0.3, 0.4) is 0 Å². The van der Waals surface area contributed by atoms with E-state index in [4.69, 9.17) is 4.74 Å². The molecule has 1 aromatic heterocycles. The van der Waals surface area contributed by atoms with Crippen LogP contribution < -0.4 is 4.74 Å². The fourth-order valence-electron chi connectivity index (χ4n) is 4.00.